The first-order valence-electron chi connectivity index (χ1n) is 30.4. The molecule has 0 saturated carbocycles. The fourth-order valence-corrected chi connectivity index (χ4v) is 11.4. The Morgan fingerprint density at radius 1 is 0.380 bits per heavy atom. The van der Waals surface area contributed by atoms with Crippen molar-refractivity contribution in [1.82, 2.24) is 53.6 Å². The van der Waals surface area contributed by atoms with Crippen LogP contribution >= 0.6 is 0 Å². The van der Waals surface area contributed by atoms with Crippen molar-refractivity contribution in [2.45, 2.75) is 80.4 Å². The number of aryl methyl sites for hydroxylation is 3. The van der Waals surface area contributed by atoms with Crippen LogP contribution in [0, 0.1) is 41.5 Å². The van der Waals surface area contributed by atoms with Crippen molar-refractivity contribution in [3.63, 3.8) is 0 Å². The summed E-state index contributed by atoms with van der Waals surface area (Å²) in [5.74, 6) is 7.88. The highest BCUT2D eigenvalue weighted by Crippen LogP contribution is 2.35. The maximum absolute atomic E-state index is 5.53. The van der Waals surface area contributed by atoms with Crippen LogP contribution in [0.3, 0.4) is 0 Å². The Hall–Kier alpha value is -10.7. The molecule has 0 atom stereocenters. The number of rotatable bonds is 24. The van der Waals surface area contributed by atoms with Crippen molar-refractivity contribution in [1.29, 1.82) is 0 Å². The Morgan fingerprint density at radius 2 is 0.772 bits per heavy atom. The Kier molecular flexibility index (Phi) is 21.1. The van der Waals surface area contributed by atoms with Gasteiger partial charge in [0.25, 0.3) is 0 Å². The summed E-state index contributed by atoms with van der Waals surface area (Å²) < 4.78 is 44.3. The van der Waals surface area contributed by atoms with Crippen LogP contribution < -0.4 is 44.4 Å². The maximum Gasteiger partial charge on any atom is 0.160 e. The van der Waals surface area contributed by atoms with E-state index in [4.69, 9.17) is 32.8 Å². The molecule has 3 N–H and O–H groups in total. The van der Waals surface area contributed by atoms with Gasteiger partial charge in [-0.15, -0.1) is 0 Å². The molecule has 92 heavy (non-hydrogen) atoms. The van der Waals surface area contributed by atoms with Gasteiger partial charge in [-0.25, -0.2) is 29.9 Å². The van der Waals surface area contributed by atoms with Crippen molar-refractivity contribution in [2.24, 2.45) is 0 Å². The molecule has 0 aliphatic rings. The van der Waals surface area contributed by atoms with Crippen molar-refractivity contribution in [2.75, 3.05) is 78.2 Å². The lowest BCUT2D eigenvalue weighted by atomic mass is 10.1. The highest BCUT2D eigenvalue weighted by atomic mass is 16.5. The van der Waals surface area contributed by atoms with Crippen LogP contribution in [0.2, 0.25) is 0 Å². The van der Waals surface area contributed by atoms with Crippen LogP contribution in [0.4, 0.5) is 17.5 Å². The van der Waals surface area contributed by atoms with Crippen LogP contribution in [0.5, 0.6) is 34.5 Å². The molecule has 3 aromatic carbocycles. The fraction of sp³-hybridized carbons (Fsp3) is 0.296. The minimum absolute atomic E-state index is 0.644. The highest BCUT2D eigenvalue weighted by molar-refractivity contribution is 5.93. The minimum atomic E-state index is 0.644. The first-order chi connectivity index (χ1) is 44.9. The van der Waals surface area contributed by atoms with Gasteiger partial charge in [-0.1, -0.05) is 24.3 Å². The van der Waals surface area contributed by atoms with Crippen molar-refractivity contribution < 1.29 is 32.8 Å². The Bertz CT molecular complexity index is 4230. The number of benzene rings is 3. The summed E-state index contributed by atoms with van der Waals surface area (Å²) in [5.41, 5.74) is 15.7. The number of ether oxygens (including phenoxy) is 6. The molecule has 0 aliphatic heterocycles. The molecule has 21 heteroatoms. The summed E-state index contributed by atoms with van der Waals surface area (Å²) in [6.07, 6.45) is 16.4. The standard InChI is InChI=1S/2C24H27N5O2.C23H26N4O3/c1-16-17(2)29(14-19-7-10-25-11-8-19)24-22(16)23(27-15-28-24)26-12-9-18-5-6-20(30-3)21(13-18)31-4;1-16-17(2)29(14-19-6-5-10-25-13-19)24-22(16)23(27-15-28-24)26-11-9-18-7-8-20(30-3)21(12-18)31-4;1-15-16(2)27(13-18-6-5-11-30-18)23-21(15)22(25-14-26-23)24-10-9-17-7-8-19(28-3)20(12-17)29-4/h5-8,10-11,13,15H,9,12,14H2,1-4H3,(H,26,27,28);5-8,10,12-13,15H,9,11,14H2,1-4H3,(H,26,27,28);5-8,11-12,14H,9-10,13H2,1-4H3,(H,24,25,26). The average molecular weight is 1240 g/mol. The van der Waals surface area contributed by atoms with Crippen molar-refractivity contribution >= 4 is 50.6 Å². The number of nitrogens with zero attached hydrogens (tertiary/aromatic N) is 11. The topological polar surface area (TPSA) is 223 Å². The summed E-state index contributed by atoms with van der Waals surface area (Å²) in [7, 11) is 9.88. The summed E-state index contributed by atoms with van der Waals surface area (Å²) in [6.45, 7) is 17.1. The Morgan fingerprint density at radius 3 is 1.13 bits per heavy atom. The lowest BCUT2D eigenvalue weighted by molar-refractivity contribution is 0.354. The Balaban J connectivity index is 0.000000151. The van der Waals surface area contributed by atoms with E-state index in [0.29, 0.717) is 6.54 Å². The molecule has 0 unspecified atom stereocenters. The van der Waals surface area contributed by atoms with Gasteiger partial charge in [-0.3, -0.25) is 9.97 Å². The van der Waals surface area contributed by atoms with E-state index in [1.165, 1.54) is 39.2 Å². The molecule has 0 radical (unpaired) electrons. The quantitative estimate of drug-likeness (QED) is 0.0511. The fourth-order valence-electron chi connectivity index (χ4n) is 11.4. The molecular formula is C71H80N14O7. The van der Waals surface area contributed by atoms with Crippen molar-refractivity contribution in [3.05, 3.63) is 208 Å². The predicted octanol–water partition coefficient (Wildman–Crippen LogP) is 12.7. The smallest absolute Gasteiger partial charge is 0.160 e. The number of furan rings is 1. The van der Waals surface area contributed by atoms with Gasteiger partial charge >= 0.3 is 0 Å². The SMILES string of the molecule is COc1ccc(CCNc2ncnc3c2c(C)c(C)n3Cc2cccnc2)cc1OC.COc1ccc(CCNc2ncnc3c2c(C)c(C)n3Cc2ccco2)cc1OC.COc1ccc(CCNc2ncnc3c2c(C)c(C)n3Cc2ccncc2)cc1OC. The lowest BCUT2D eigenvalue weighted by Crippen LogP contribution is -2.08. The molecule has 21 nitrogen and oxygen atoms in total. The molecule has 0 amide bonds. The molecule has 12 rings (SSSR count). The van der Waals surface area contributed by atoms with E-state index in [0.717, 1.165) is 165 Å². The summed E-state index contributed by atoms with van der Waals surface area (Å²) in [6, 6.07) is 30.0. The lowest BCUT2D eigenvalue weighted by Gasteiger charge is -2.11. The van der Waals surface area contributed by atoms with E-state index in [-0.39, 0.29) is 0 Å². The normalized spacial score (nSPS) is 11.0. The molecule has 0 saturated heterocycles. The molecular weight excluding hydrogens is 1160 g/mol. The number of anilines is 3. The van der Waals surface area contributed by atoms with E-state index < -0.39 is 0 Å². The second kappa shape index (κ2) is 30.2. The monoisotopic (exact) mass is 1240 g/mol. The number of methoxy groups -OCH3 is 6. The first kappa shape index (κ1) is 64.3. The second-order valence-electron chi connectivity index (χ2n) is 22.0. The van der Waals surface area contributed by atoms with E-state index >= 15 is 0 Å². The van der Waals surface area contributed by atoms with Crippen LogP contribution in [0.25, 0.3) is 33.1 Å². The third-order valence-corrected chi connectivity index (χ3v) is 16.7. The van der Waals surface area contributed by atoms with Gasteiger partial charge in [0.1, 0.15) is 59.1 Å². The Labute approximate surface area is 536 Å². The van der Waals surface area contributed by atoms with Gasteiger partial charge < -0.3 is 62.5 Å². The molecule has 0 spiro atoms. The second-order valence-corrected chi connectivity index (χ2v) is 22.0. The predicted molar refractivity (Wildman–Crippen MR) is 361 cm³/mol. The van der Waals surface area contributed by atoms with E-state index in [9.17, 15) is 0 Å². The zero-order valence-electron chi connectivity index (χ0n) is 54.4. The zero-order valence-corrected chi connectivity index (χ0v) is 54.4. The third-order valence-electron chi connectivity index (χ3n) is 16.7. The zero-order chi connectivity index (χ0) is 64.7. The van der Waals surface area contributed by atoms with Crippen LogP contribution in [-0.2, 0) is 38.9 Å². The maximum atomic E-state index is 5.53. The molecule has 0 bridgehead atoms. The number of aromatic nitrogens is 11. The molecule has 9 heterocycles. The molecule has 9 aromatic heterocycles. The van der Waals surface area contributed by atoms with Gasteiger partial charge in [0.05, 0.1) is 78.2 Å². The minimum Gasteiger partial charge on any atom is -0.493 e. The number of hydrogen-bond acceptors (Lipinski definition) is 18. The molecule has 12 aromatic rings. The van der Waals surface area contributed by atoms with Gasteiger partial charge in [0.15, 0.2) is 34.5 Å². The number of fused-ring (bicyclic) bond motifs is 3. The van der Waals surface area contributed by atoms with E-state index in [1.807, 2.05) is 91.4 Å². The number of pyridine rings is 2. The van der Waals surface area contributed by atoms with Crippen molar-refractivity contribution in [3.8, 4) is 34.5 Å². The summed E-state index contributed by atoms with van der Waals surface area (Å²) >= 11 is 0. The molecule has 0 fully saturated rings. The van der Waals surface area contributed by atoms with Crippen LogP contribution in [0.1, 0.15) is 67.3 Å². The molecule has 476 valence electrons. The third kappa shape index (κ3) is 14.5. The average Bonchev–Trinajstić information content (AvgIpc) is 1.65. The summed E-state index contributed by atoms with van der Waals surface area (Å²) in [4.78, 5) is 35.6. The number of hydrogen-bond donors (Lipinski definition) is 3. The number of nitrogens with one attached hydrogen (secondary N) is 3. The summed E-state index contributed by atoms with van der Waals surface area (Å²) in [5, 5.41) is 13.7. The van der Waals surface area contributed by atoms with Gasteiger partial charge in [-0.2, -0.15) is 0 Å². The van der Waals surface area contributed by atoms with Gasteiger partial charge in [0, 0.05) is 68.0 Å². The van der Waals surface area contributed by atoms with Crippen LogP contribution in [-0.4, -0.2) is 116 Å². The van der Waals surface area contributed by atoms with Crippen LogP contribution in [0.15, 0.2) is 145 Å². The first-order valence-corrected chi connectivity index (χ1v) is 30.4. The van der Waals surface area contributed by atoms with E-state index in [1.54, 1.807) is 74.1 Å². The van der Waals surface area contributed by atoms with Gasteiger partial charge in [0.2, 0.25) is 0 Å². The largest absolute Gasteiger partial charge is 0.493 e. The molecule has 0 aliphatic carbocycles. The highest BCUT2D eigenvalue weighted by Gasteiger charge is 2.21. The van der Waals surface area contributed by atoms with Gasteiger partial charge in [-0.05, 0) is 172 Å². The van der Waals surface area contributed by atoms with E-state index in [2.05, 4.69) is 129 Å².